The van der Waals surface area contributed by atoms with Gasteiger partial charge in [0, 0.05) is 86.7 Å². The smallest absolute Gasteiger partial charge is 0.256 e. The zero-order valence-electron chi connectivity index (χ0n) is 46.9. The summed E-state index contributed by atoms with van der Waals surface area (Å²) >= 11 is 18.9. The van der Waals surface area contributed by atoms with Crippen molar-refractivity contribution in [1.29, 1.82) is 0 Å². The lowest BCUT2D eigenvalue weighted by molar-refractivity contribution is 0.0600. The molecule has 4 aromatic heterocycles. The van der Waals surface area contributed by atoms with Gasteiger partial charge >= 0.3 is 0 Å². The zero-order chi connectivity index (χ0) is 57.2. The summed E-state index contributed by atoms with van der Waals surface area (Å²) in [6.45, 7) is 13.9. The Morgan fingerprint density at radius 3 is 1.40 bits per heavy atom. The van der Waals surface area contributed by atoms with E-state index >= 15 is 0 Å². The molecule has 82 heavy (non-hydrogen) atoms. The maximum atomic E-state index is 14.0. The van der Waals surface area contributed by atoms with Gasteiger partial charge in [0.2, 0.25) is 20.0 Å². The van der Waals surface area contributed by atoms with E-state index in [1.807, 2.05) is 32.1 Å². The SMILES string of the molecule is C1CNC1.C[C@@H]1CCCN(c2cc(Cl)nc3cc([C@@H]4CCCCN4C(=O)c4cc(Cl)ccc4NS(C)(=O)=O)nn23)C1.C[C@@H]1CCCN(c2cc(N3CCC3)nc3cc([C@@H]4CCCCN4C(=O)c4cc(Cl)ccc4NS(C)(=O)=O)nn23)C1.Cl. The molecular weight excluding hydrogens is 1170 g/mol. The van der Waals surface area contributed by atoms with Gasteiger partial charge in [-0.25, -0.2) is 26.8 Å². The third-order valence-corrected chi connectivity index (χ3v) is 17.7. The van der Waals surface area contributed by atoms with Crippen LogP contribution in [0.1, 0.15) is 135 Å². The fourth-order valence-electron chi connectivity index (χ4n) is 11.6. The van der Waals surface area contributed by atoms with Crippen LogP contribution in [-0.2, 0) is 20.0 Å². The van der Waals surface area contributed by atoms with Gasteiger partial charge in [0.25, 0.3) is 11.8 Å². The van der Waals surface area contributed by atoms with E-state index in [4.69, 9.17) is 50.0 Å². The highest BCUT2D eigenvalue weighted by Crippen LogP contribution is 2.38. The molecule has 6 fully saturated rings. The van der Waals surface area contributed by atoms with Crippen molar-refractivity contribution in [1.82, 2.24) is 44.3 Å². The van der Waals surface area contributed by atoms with Crippen molar-refractivity contribution in [3.8, 4) is 0 Å². The van der Waals surface area contributed by atoms with Crippen LogP contribution in [-0.4, -0.2) is 146 Å². The molecular formula is C56H74Cl4N14O6S2. The fourth-order valence-corrected chi connectivity index (χ4v) is 13.3. The number of piperidine rings is 4. The molecule has 6 aliphatic heterocycles. The molecule has 2 amide bonds. The number of hydrogen-bond donors (Lipinski definition) is 3. The largest absolute Gasteiger partial charge is 0.356 e. The van der Waals surface area contributed by atoms with E-state index in [9.17, 15) is 26.4 Å². The number of carbonyl (C=O) groups is 2. The normalized spacial score (nSPS) is 21.3. The van der Waals surface area contributed by atoms with E-state index in [-0.39, 0.29) is 58.8 Å². The number of nitrogens with one attached hydrogen (secondary N) is 3. The number of benzene rings is 2. The number of hydrogen-bond acceptors (Lipinski definition) is 14. The quantitative estimate of drug-likeness (QED) is 0.103. The van der Waals surface area contributed by atoms with Gasteiger partial charge in [-0.15, -0.1) is 12.4 Å². The maximum absolute atomic E-state index is 14.0. The third kappa shape index (κ3) is 14.6. The zero-order valence-corrected chi connectivity index (χ0v) is 51.6. The Labute approximate surface area is 502 Å². The van der Waals surface area contributed by atoms with Gasteiger partial charge in [-0.1, -0.05) is 48.7 Å². The van der Waals surface area contributed by atoms with Crippen LogP contribution in [0.15, 0.2) is 60.7 Å². The predicted octanol–water partition coefficient (Wildman–Crippen LogP) is 9.98. The monoisotopic (exact) mass is 1240 g/mol. The van der Waals surface area contributed by atoms with Gasteiger partial charge in [0.1, 0.15) is 22.6 Å². The summed E-state index contributed by atoms with van der Waals surface area (Å²) < 4.78 is 56.6. The number of likely N-dealkylation sites (tertiary alicyclic amines) is 2. The topological polar surface area (TPSA) is 215 Å². The molecule has 4 atom stereocenters. The van der Waals surface area contributed by atoms with Crippen LogP contribution in [0.25, 0.3) is 11.3 Å². The molecule has 0 bridgehead atoms. The summed E-state index contributed by atoms with van der Waals surface area (Å²) in [5.74, 6) is 3.54. The molecule has 0 radical (unpaired) electrons. The summed E-state index contributed by atoms with van der Waals surface area (Å²) in [6, 6.07) is 16.6. The number of sulfonamides is 2. The van der Waals surface area contributed by atoms with Crippen LogP contribution in [0.3, 0.4) is 0 Å². The molecule has 12 rings (SSSR count). The second kappa shape index (κ2) is 26.3. The fraction of sp³-hybridized carbons (Fsp3) is 0.536. The predicted molar refractivity (Wildman–Crippen MR) is 329 cm³/mol. The van der Waals surface area contributed by atoms with Gasteiger partial charge in [-0.3, -0.25) is 19.0 Å². The molecule has 26 heteroatoms. The number of amides is 2. The first-order valence-corrected chi connectivity index (χ1v) is 33.3. The van der Waals surface area contributed by atoms with Crippen LogP contribution >= 0.6 is 47.2 Å². The number of anilines is 5. The minimum absolute atomic E-state index is 0. The lowest BCUT2D eigenvalue weighted by Gasteiger charge is -2.36. The van der Waals surface area contributed by atoms with E-state index < -0.39 is 20.0 Å². The first-order valence-electron chi connectivity index (χ1n) is 28.3. The van der Waals surface area contributed by atoms with Crippen LogP contribution in [0.5, 0.6) is 0 Å². The highest BCUT2D eigenvalue weighted by Gasteiger charge is 2.35. The Hall–Kier alpha value is -5.36. The molecule has 2 aromatic carbocycles. The van der Waals surface area contributed by atoms with Gasteiger partial charge in [-0.05, 0) is 138 Å². The Balaban J connectivity index is 0.000000183. The second-order valence-electron chi connectivity index (χ2n) is 22.6. The van der Waals surface area contributed by atoms with E-state index in [0.717, 1.165) is 138 Å². The molecule has 3 N–H and O–H groups in total. The van der Waals surface area contributed by atoms with Gasteiger partial charge in [0.15, 0.2) is 11.3 Å². The van der Waals surface area contributed by atoms with Crippen molar-refractivity contribution in [2.75, 3.05) is 102 Å². The van der Waals surface area contributed by atoms with Crippen molar-refractivity contribution in [3.63, 3.8) is 0 Å². The average Bonchev–Trinajstić information content (AvgIpc) is 4.11. The summed E-state index contributed by atoms with van der Waals surface area (Å²) in [5, 5.41) is 14.2. The summed E-state index contributed by atoms with van der Waals surface area (Å²) in [4.78, 5) is 47.8. The first kappa shape index (κ1) is 61.2. The van der Waals surface area contributed by atoms with E-state index in [1.54, 1.807) is 17.0 Å². The molecule has 20 nitrogen and oxygen atoms in total. The Morgan fingerprint density at radius 2 is 0.988 bits per heavy atom. The average molecular weight is 1250 g/mol. The summed E-state index contributed by atoms with van der Waals surface area (Å²) in [7, 11) is -7.17. The van der Waals surface area contributed by atoms with Crippen LogP contribution in [0, 0.1) is 11.8 Å². The van der Waals surface area contributed by atoms with E-state index in [0.29, 0.717) is 45.8 Å². The molecule has 6 aromatic rings. The highest BCUT2D eigenvalue weighted by atomic mass is 35.5. The number of nitrogens with zero attached hydrogens (tertiary/aromatic N) is 11. The molecule has 6 saturated heterocycles. The lowest BCUT2D eigenvalue weighted by Crippen LogP contribution is -2.39. The van der Waals surface area contributed by atoms with E-state index in [1.165, 1.54) is 63.0 Å². The van der Waals surface area contributed by atoms with Gasteiger partial charge < -0.3 is 29.8 Å². The minimum Gasteiger partial charge on any atom is -0.356 e. The van der Waals surface area contributed by atoms with Crippen LogP contribution in [0.4, 0.5) is 28.8 Å². The molecule has 6 aliphatic rings. The van der Waals surface area contributed by atoms with E-state index in [2.05, 4.69) is 54.4 Å². The van der Waals surface area contributed by atoms with Crippen LogP contribution in [0.2, 0.25) is 15.2 Å². The van der Waals surface area contributed by atoms with Crippen molar-refractivity contribution in [2.45, 2.75) is 103 Å². The second-order valence-corrected chi connectivity index (χ2v) is 27.3. The molecule has 0 unspecified atom stereocenters. The number of halogens is 4. The molecule has 0 saturated carbocycles. The lowest BCUT2D eigenvalue weighted by atomic mass is 9.98. The first-order chi connectivity index (χ1) is 38.7. The number of fused-ring (bicyclic) bond motifs is 2. The summed E-state index contributed by atoms with van der Waals surface area (Å²) in [6.07, 6.45) is 14.5. The van der Waals surface area contributed by atoms with Crippen molar-refractivity contribution >= 4 is 119 Å². The van der Waals surface area contributed by atoms with Crippen molar-refractivity contribution < 1.29 is 26.4 Å². The Morgan fingerprint density at radius 1 is 0.549 bits per heavy atom. The standard InChI is InChI=1S/C28H36ClN7O3S.C25H30Cl2N6O3S.C3H7N.ClH/c1-19-7-5-11-34(18-19)27-17-25(33-12-6-13-33)30-26-16-23(31-36(26)27)24-8-3-4-14-35(24)28(37)21-15-20(29)9-10-22(21)32-40(2,38)39;1-16-6-5-10-31(15-16)24-14-22(27)28-23-13-20(29-33(23)24)21-7-3-4-11-32(21)25(34)18-12-17(26)8-9-19(18)30-37(2,35)36;1-2-4-3-1;/h9-10,15-17,19,24,32H,3-8,11-14,18H2,1-2H3;8-9,12-14,16,21,30H,3-7,10-11,15H2,1-2H3;4H,1-3H2;1H/t19-,24+;16-,21+;;/m11../s1. The highest BCUT2D eigenvalue weighted by molar-refractivity contribution is 7.92. The Kier molecular flexibility index (Phi) is 19.6. The van der Waals surface area contributed by atoms with Gasteiger partial charge in [-0.2, -0.15) is 19.2 Å². The molecule has 444 valence electrons. The third-order valence-electron chi connectivity index (χ3n) is 15.9. The molecule has 0 aliphatic carbocycles. The Bertz CT molecular complexity index is 3500. The number of aromatic nitrogens is 6. The number of rotatable bonds is 11. The molecule has 0 spiro atoms. The summed E-state index contributed by atoms with van der Waals surface area (Å²) in [5.41, 5.74) is 3.81. The van der Waals surface area contributed by atoms with Crippen molar-refractivity contribution in [3.05, 3.63) is 98.4 Å². The van der Waals surface area contributed by atoms with Crippen LogP contribution < -0.4 is 29.5 Å². The minimum atomic E-state index is -3.59. The van der Waals surface area contributed by atoms with Crippen molar-refractivity contribution in [2.24, 2.45) is 11.8 Å². The number of carbonyl (C=O) groups excluding carboxylic acids is 2. The molecule has 10 heterocycles. The van der Waals surface area contributed by atoms with Gasteiger partial charge in [0.05, 0.1) is 58.5 Å². The maximum Gasteiger partial charge on any atom is 0.256 e.